The third kappa shape index (κ3) is 2.95. The normalized spacial score (nSPS) is 24.1. The van der Waals surface area contributed by atoms with E-state index in [0.717, 1.165) is 50.7 Å². The van der Waals surface area contributed by atoms with Crippen LogP contribution in [0.1, 0.15) is 44.1 Å². The molecule has 3 nitrogen and oxygen atoms in total. The van der Waals surface area contributed by atoms with Gasteiger partial charge in [-0.15, -0.1) is 0 Å². The Labute approximate surface area is 124 Å². The van der Waals surface area contributed by atoms with Crippen LogP contribution in [-0.2, 0) is 19.7 Å². The zero-order chi connectivity index (χ0) is 14.7. The monoisotopic (exact) mass is 292 g/mol. The lowest BCUT2D eigenvalue weighted by atomic mass is 9.64. The third-order valence-electron chi connectivity index (χ3n) is 4.67. The Hall–Kier alpha value is -1.42. The lowest BCUT2D eigenvalue weighted by Gasteiger charge is -2.40. The van der Waals surface area contributed by atoms with Gasteiger partial charge in [-0.2, -0.15) is 0 Å². The van der Waals surface area contributed by atoms with E-state index in [9.17, 15) is 9.18 Å². The van der Waals surface area contributed by atoms with Crippen molar-refractivity contribution in [1.82, 2.24) is 0 Å². The van der Waals surface area contributed by atoms with Crippen LogP contribution < -0.4 is 0 Å². The van der Waals surface area contributed by atoms with Crippen molar-refractivity contribution in [2.75, 3.05) is 13.2 Å². The average Bonchev–Trinajstić information content (AvgIpc) is 2.47. The first-order valence-corrected chi connectivity index (χ1v) is 7.76. The summed E-state index contributed by atoms with van der Waals surface area (Å²) in [5, 5.41) is 0. The van der Waals surface area contributed by atoms with Gasteiger partial charge in [-0.25, -0.2) is 4.39 Å². The SMILES string of the molecule is O=C(OCC1CCCCO1)C1(c2ccc(F)cc2)CCC1. The zero-order valence-corrected chi connectivity index (χ0v) is 12.1. The van der Waals surface area contributed by atoms with E-state index in [1.54, 1.807) is 12.1 Å². The number of ether oxygens (including phenoxy) is 2. The van der Waals surface area contributed by atoms with E-state index < -0.39 is 5.41 Å². The van der Waals surface area contributed by atoms with Gasteiger partial charge in [-0.1, -0.05) is 18.6 Å². The fraction of sp³-hybridized carbons (Fsp3) is 0.588. The highest BCUT2D eigenvalue weighted by molar-refractivity contribution is 5.84. The molecule has 1 aromatic carbocycles. The van der Waals surface area contributed by atoms with Gasteiger partial charge < -0.3 is 9.47 Å². The molecule has 0 N–H and O–H groups in total. The Kier molecular flexibility index (Phi) is 4.24. The first-order valence-electron chi connectivity index (χ1n) is 7.76. The number of carbonyl (C=O) groups is 1. The first kappa shape index (κ1) is 14.5. The second kappa shape index (κ2) is 6.14. The summed E-state index contributed by atoms with van der Waals surface area (Å²) in [6, 6.07) is 6.22. The standard InChI is InChI=1S/C17H21FO3/c18-14-7-5-13(6-8-14)17(9-3-10-17)16(19)21-12-15-4-1-2-11-20-15/h5-8,15H,1-4,9-12H2. The van der Waals surface area contributed by atoms with Gasteiger partial charge in [0.05, 0.1) is 11.5 Å². The average molecular weight is 292 g/mol. The quantitative estimate of drug-likeness (QED) is 0.798. The summed E-state index contributed by atoms with van der Waals surface area (Å²) in [5.41, 5.74) is 0.298. The Morgan fingerprint density at radius 3 is 2.57 bits per heavy atom. The molecule has 4 heteroatoms. The number of benzene rings is 1. The molecule has 1 saturated carbocycles. The summed E-state index contributed by atoms with van der Waals surface area (Å²) in [6.45, 7) is 1.09. The molecule has 1 atom stereocenters. The molecular formula is C17H21FO3. The Balaban J connectivity index is 1.64. The predicted octanol–water partition coefficient (Wildman–Crippen LogP) is 3.36. The van der Waals surface area contributed by atoms with Crippen LogP contribution in [0.3, 0.4) is 0 Å². The molecule has 0 spiro atoms. The van der Waals surface area contributed by atoms with Gasteiger partial charge in [0.25, 0.3) is 0 Å². The lowest BCUT2D eigenvalue weighted by Crippen LogP contribution is -2.44. The van der Waals surface area contributed by atoms with Crippen LogP contribution in [-0.4, -0.2) is 25.3 Å². The Bertz CT molecular complexity index is 487. The second-order valence-corrected chi connectivity index (χ2v) is 6.03. The van der Waals surface area contributed by atoms with Gasteiger partial charge in [0.1, 0.15) is 12.4 Å². The van der Waals surface area contributed by atoms with Crippen LogP contribution >= 0.6 is 0 Å². The molecule has 1 aliphatic heterocycles. The molecule has 0 amide bonds. The third-order valence-corrected chi connectivity index (χ3v) is 4.67. The summed E-state index contributed by atoms with van der Waals surface area (Å²) < 4.78 is 24.2. The summed E-state index contributed by atoms with van der Waals surface area (Å²) in [6.07, 6.45) is 5.78. The minimum atomic E-state index is -0.567. The smallest absolute Gasteiger partial charge is 0.316 e. The van der Waals surface area contributed by atoms with Gasteiger partial charge in [0.15, 0.2) is 0 Å². The molecule has 1 saturated heterocycles. The van der Waals surface area contributed by atoms with Crippen LogP contribution in [0, 0.1) is 5.82 Å². The van der Waals surface area contributed by atoms with Crippen molar-refractivity contribution in [3.63, 3.8) is 0 Å². The summed E-state index contributed by atoms with van der Waals surface area (Å²) in [5.74, 6) is -0.466. The number of carbonyl (C=O) groups excluding carboxylic acids is 1. The minimum Gasteiger partial charge on any atom is -0.462 e. The van der Waals surface area contributed by atoms with Crippen LogP contribution in [0.5, 0.6) is 0 Å². The highest BCUT2D eigenvalue weighted by Gasteiger charge is 2.47. The molecule has 21 heavy (non-hydrogen) atoms. The molecule has 1 aromatic rings. The maximum Gasteiger partial charge on any atom is 0.316 e. The highest BCUT2D eigenvalue weighted by atomic mass is 19.1. The maximum atomic E-state index is 13.1. The Morgan fingerprint density at radius 2 is 2.00 bits per heavy atom. The van der Waals surface area contributed by atoms with Crippen molar-refractivity contribution in [3.05, 3.63) is 35.6 Å². The fourth-order valence-corrected chi connectivity index (χ4v) is 3.16. The molecule has 0 aromatic heterocycles. The van der Waals surface area contributed by atoms with Crippen molar-refractivity contribution in [2.45, 2.75) is 50.0 Å². The second-order valence-electron chi connectivity index (χ2n) is 6.03. The van der Waals surface area contributed by atoms with E-state index in [0.29, 0.717) is 6.61 Å². The molecule has 3 rings (SSSR count). The van der Waals surface area contributed by atoms with Gasteiger partial charge in [0, 0.05) is 6.61 Å². The van der Waals surface area contributed by atoms with Crippen LogP contribution in [0.25, 0.3) is 0 Å². The number of rotatable bonds is 4. The van der Waals surface area contributed by atoms with Gasteiger partial charge in [-0.3, -0.25) is 4.79 Å². The van der Waals surface area contributed by atoms with Crippen LogP contribution in [0.15, 0.2) is 24.3 Å². The van der Waals surface area contributed by atoms with E-state index in [1.165, 1.54) is 12.1 Å². The zero-order valence-electron chi connectivity index (χ0n) is 12.1. The Morgan fingerprint density at radius 1 is 1.24 bits per heavy atom. The predicted molar refractivity (Wildman–Crippen MR) is 76.5 cm³/mol. The summed E-state index contributed by atoms with van der Waals surface area (Å²) >= 11 is 0. The molecule has 0 radical (unpaired) electrons. The van der Waals surface area contributed by atoms with Crippen LogP contribution in [0.2, 0.25) is 0 Å². The highest BCUT2D eigenvalue weighted by Crippen LogP contribution is 2.44. The molecule has 1 heterocycles. The number of hydrogen-bond donors (Lipinski definition) is 0. The van der Waals surface area contributed by atoms with E-state index in [4.69, 9.17) is 9.47 Å². The lowest BCUT2D eigenvalue weighted by molar-refractivity contribution is -0.159. The van der Waals surface area contributed by atoms with Crippen molar-refractivity contribution >= 4 is 5.97 Å². The van der Waals surface area contributed by atoms with Crippen molar-refractivity contribution in [3.8, 4) is 0 Å². The van der Waals surface area contributed by atoms with Gasteiger partial charge in [0.2, 0.25) is 0 Å². The van der Waals surface area contributed by atoms with Crippen LogP contribution in [0.4, 0.5) is 4.39 Å². The molecule has 1 aliphatic carbocycles. The minimum absolute atomic E-state index is 0.0352. The van der Waals surface area contributed by atoms with E-state index in [-0.39, 0.29) is 17.9 Å². The summed E-state index contributed by atoms with van der Waals surface area (Å²) in [4.78, 5) is 12.5. The van der Waals surface area contributed by atoms with Gasteiger partial charge in [-0.05, 0) is 49.8 Å². The van der Waals surface area contributed by atoms with Gasteiger partial charge >= 0.3 is 5.97 Å². The molecule has 2 aliphatic rings. The largest absolute Gasteiger partial charge is 0.462 e. The van der Waals surface area contributed by atoms with E-state index >= 15 is 0 Å². The number of halogens is 1. The molecule has 2 fully saturated rings. The molecule has 1 unspecified atom stereocenters. The first-order chi connectivity index (χ1) is 10.2. The number of esters is 1. The van der Waals surface area contributed by atoms with Crippen molar-refractivity contribution < 1.29 is 18.7 Å². The molecular weight excluding hydrogens is 271 g/mol. The molecule has 0 bridgehead atoms. The van der Waals surface area contributed by atoms with Crippen molar-refractivity contribution in [2.24, 2.45) is 0 Å². The molecule has 114 valence electrons. The van der Waals surface area contributed by atoms with Crippen molar-refractivity contribution in [1.29, 1.82) is 0 Å². The van der Waals surface area contributed by atoms with E-state index in [2.05, 4.69) is 0 Å². The topological polar surface area (TPSA) is 35.5 Å². The maximum absolute atomic E-state index is 13.1. The fourth-order valence-electron chi connectivity index (χ4n) is 3.16. The number of hydrogen-bond acceptors (Lipinski definition) is 3. The van der Waals surface area contributed by atoms with E-state index in [1.807, 2.05) is 0 Å². The summed E-state index contributed by atoms with van der Waals surface area (Å²) in [7, 11) is 0.